The van der Waals surface area contributed by atoms with E-state index in [4.69, 9.17) is 17.3 Å². The first-order chi connectivity index (χ1) is 6.18. The first-order valence-electron chi connectivity index (χ1n) is 4.20. The van der Waals surface area contributed by atoms with Crippen molar-refractivity contribution in [2.45, 2.75) is 13.0 Å². The predicted octanol–water partition coefficient (Wildman–Crippen LogP) is 2.84. The Morgan fingerprint density at radius 3 is 2.92 bits per heavy atom. The molecule has 0 amide bonds. The lowest BCUT2D eigenvalue weighted by Crippen LogP contribution is -2.04. The van der Waals surface area contributed by atoms with Crippen molar-refractivity contribution in [3.63, 3.8) is 0 Å². The molecule has 1 aromatic carbocycles. The van der Waals surface area contributed by atoms with Crippen LogP contribution in [0.3, 0.4) is 0 Å². The van der Waals surface area contributed by atoms with Crippen molar-refractivity contribution < 1.29 is 0 Å². The average Bonchev–Trinajstić information content (AvgIpc) is 2.47. The zero-order valence-electron chi connectivity index (χ0n) is 7.34. The second-order valence-electron chi connectivity index (χ2n) is 3.23. The molecule has 0 bridgehead atoms. The Morgan fingerprint density at radius 1 is 1.46 bits per heavy atom. The van der Waals surface area contributed by atoms with Crippen LogP contribution in [0.5, 0.6) is 0 Å². The summed E-state index contributed by atoms with van der Waals surface area (Å²) in [5.74, 6) is 0. The molecular formula is C10H11ClN2. The van der Waals surface area contributed by atoms with Crippen LogP contribution < -0.4 is 5.73 Å². The lowest BCUT2D eigenvalue weighted by molar-refractivity contribution is 0.820. The molecule has 68 valence electrons. The van der Waals surface area contributed by atoms with E-state index < -0.39 is 0 Å². The van der Waals surface area contributed by atoms with Crippen LogP contribution in [0.25, 0.3) is 10.9 Å². The number of aromatic nitrogens is 1. The van der Waals surface area contributed by atoms with Crippen molar-refractivity contribution in [1.82, 2.24) is 4.98 Å². The molecule has 0 spiro atoms. The van der Waals surface area contributed by atoms with Crippen LogP contribution in [0.15, 0.2) is 24.4 Å². The molecule has 0 fully saturated rings. The van der Waals surface area contributed by atoms with Gasteiger partial charge in [0.1, 0.15) is 0 Å². The van der Waals surface area contributed by atoms with Gasteiger partial charge in [0, 0.05) is 23.1 Å². The number of hydrogen-bond donors (Lipinski definition) is 2. The Balaban J connectivity index is 2.66. The van der Waals surface area contributed by atoms with Crippen LogP contribution in [0.4, 0.5) is 0 Å². The van der Waals surface area contributed by atoms with Crippen molar-refractivity contribution in [2.24, 2.45) is 5.73 Å². The lowest BCUT2D eigenvalue weighted by atomic mass is 10.1. The minimum atomic E-state index is 0.0513. The Morgan fingerprint density at radius 2 is 2.23 bits per heavy atom. The number of H-pyrrole nitrogens is 1. The van der Waals surface area contributed by atoms with Gasteiger partial charge in [0.25, 0.3) is 0 Å². The van der Waals surface area contributed by atoms with Crippen LogP contribution in [0, 0.1) is 0 Å². The van der Waals surface area contributed by atoms with Crippen LogP contribution >= 0.6 is 11.6 Å². The zero-order chi connectivity index (χ0) is 9.42. The van der Waals surface area contributed by atoms with Crippen molar-refractivity contribution in [2.75, 3.05) is 0 Å². The SMILES string of the molecule is CC(N)c1ccc2[nH]cc(Cl)c2c1. The van der Waals surface area contributed by atoms with Gasteiger partial charge in [-0.15, -0.1) is 0 Å². The van der Waals surface area contributed by atoms with Gasteiger partial charge in [0.15, 0.2) is 0 Å². The summed E-state index contributed by atoms with van der Waals surface area (Å²) >= 11 is 5.98. The Hall–Kier alpha value is -0.990. The van der Waals surface area contributed by atoms with Gasteiger partial charge >= 0.3 is 0 Å². The van der Waals surface area contributed by atoms with E-state index in [0.29, 0.717) is 0 Å². The molecule has 2 rings (SSSR count). The summed E-state index contributed by atoms with van der Waals surface area (Å²) in [7, 11) is 0. The van der Waals surface area contributed by atoms with E-state index in [1.165, 1.54) is 0 Å². The maximum Gasteiger partial charge on any atom is 0.0659 e. The molecule has 0 saturated carbocycles. The van der Waals surface area contributed by atoms with E-state index in [1.807, 2.05) is 25.1 Å². The summed E-state index contributed by atoms with van der Waals surface area (Å²) in [5.41, 5.74) is 7.93. The van der Waals surface area contributed by atoms with Crippen molar-refractivity contribution in [1.29, 1.82) is 0 Å². The van der Waals surface area contributed by atoms with Crippen molar-refractivity contribution >= 4 is 22.5 Å². The zero-order valence-corrected chi connectivity index (χ0v) is 8.10. The van der Waals surface area contributed by atoms with Gasteiger partial charge in [0.05, 0.1) is 5.02 Å². The summed E-state index contributed by atoms with van der Waals surface area (Å²) in [5, 5.41) is 1.79. The molecule has 0 aliphatic heterocycles. The van der Waals surface area contributed by atoms with Crippen LogP contribution in [0.1, 0.15) is 18.5 Å². The Kier molecular flexibility index (Phi) is 2.02. The van der Waals surface area contributed by atoms with Crippen LogP contribution in [-0.2, 0) is 0 Å². The molecule has 0 radical (unpaired) electrons. The highest BCUT2D eigenvalue weighted by Gasteiger charge is 2.04. The largest absolute Gasteiger partial charge is 0.360 e. The molecule has 1 aromatic heterocycles. The predicted molar refractivity (Wildman–Crippen MR) is 55.9 cm³/mol. The Labute approximate surface area is 81.7 Å². The summed E-state index contributed by atoms with van der Waals surface area (Å²) in [6.45, 7) is 1.96. The smallest absolute Gasteiger partial charge is 0.0659 e. The van der Waals surface area contributed by atoms with E-state index in [9.17, 15) is 0 Å². The number of aromatic amines is 1. The van der Waals surface area contributed by atoms with E-state index in [-0.39, 0.29) is 6.04 Å². The fourth-order valence-electron chi connectivity index (χ4n) is 1.39. The maximum atomic E-state index is 5.98. The molecule has 1 atom stereocenters. The van der Waals surface area contributed by atoms with Gasteiger partial charge in [-0.05, 0) is 24.6 Å². The molecule has 0 aliphatic carbocycles. The molecule has 1 unspecified atom stereocenters. The molecule has 0 aliphatic rings. The van der Waals surface area contributed by atoms with Gasteiger partial charge in [-0.2, -0.15) is 0 Å². The first kappa shape index (κ1) is 8.60. The lowest BCUT2D eigenvalue weighted by Gasteiger charge is -2.04. The minimum Gasteiger partial charge on any atom is -0.360 e. The summed E-state index contributed by atoms with van der Waals surface area (Å²) in [6, 6.07) is 6.09. The third-order valence-electron chi connectivity index (χ3n) is 2.18. The molecule has 13 heavy (non-hydrogen) atoms. The van der Waals surface area contributed by atoms with E-state index in [1.54, 1.807) is 6.20 Å². The summed E-state index contributed by atoms with van der Waals surface area (Å²) < 4.78 is 0. The quantitative estimate of drug-likeness (QED) is 0.720. The number of nitrogens with one attached hydrogen (secondary N) is 1. The number of halogens is 1. The fourth-order valence-corrected chi connectivity index (χ4v) is 1.60. The van der Waals surface area contributed by atoms with Crippen molar-refractivity contribution in [3.05, 3.63) is 35.0 Å². The molecule has 0 saturated heterocycles. The van der Waals surface area contributed by atoms with Crippen LogP contribution in [-0.4, -0.2) is 4.98 Å². The molecule has 1 heterocycles. The molecular weight excluding hydrogens is 184 g/mol. The number of benzene rings is 1. The monoisotopic (exact) mass is 194 g/mol. The second kappa shape index (κ2) is 3.05. The number of fused-ring (bicyclic) bond motifs is 1. The Bertz CT molecular complexity index is 431. The number of hydrogen-bond acceptors (Lipinski definition) is 1. The second-order valence-corrected chi connectivity index (χ2v) is 3.64. The summed E-state index contributed by atoms with van der Waals surface area (Å²) in [4.78, 5) is 3.08. The number of nitrogens with two attached hydrogens (primary N) is 1. The highest BCUT2D eigenvalue weighted by molar-refractivity contribution is 6.35. The van der Waals surface area contributed by atoms with E-state index >= 15 is 0 Å². The number of rotatable bonds is 1. The highest BCUT2D eigenvalue weighted by Crippen LogP contribution is 2.25. The van der Waals surface area contributed by atoms with Gasteiger partial charge in [-0.3, -0.25) is 0 Å². The maximum absolute atomic E-state index is 5.98. The van der Waals surface area contributed by atoms with E-state index in [2.05, 4.69) is 4.98 Å². The third kappa shape index (κ3) is 1.43. The highest BCUT2D eigenvalue weighted by atomic mass is 35.5. The summed E-state index contributed by atoms with van der Waals surface area (Å²) in [6.07, 6.45) is 1.79. The standard InChI is InChI=1S/C10H11ClN2/c1-6(12)7-2-3-10-8(4-7)9(11)5-13-10/h2-6,13H,12H2,1H3. The van der Waals surface area contributed by atoms with Gasteiger partial charge in [0.2, 0.25) is 0 Å². The first-order valence-corrected chi connectivity index (χ1v) is 4.58. The normalized spacial score (nSPS) is 13.5. The fraction of sp³-hybridized carbons (Fsp3) is 0.200. The molecule has 2 nitrogen and oxygen atoms in total. The van der Waals surface area contributed by atoms with Crippen LogP contribution in [0.2, 0.25) is 5.02 Å². The van der Waals surface area contributed by atoms with Gasteiger partial charge in [-0.25, -0.2) is 0 Å². The van der Waals surface area contributed by atoms with Crippen molar-refractivity contribution in [3.8, 4) is 0 Å². The van der Waals surface area contributed by atoms with Gasteiger partial charge in [-0.1, -0.05) is 17.7 Å². The van der Waals surface area contributed by atoms with Gasteiger partial charge < -0.3 is 10.7 Å². The van der Waals surface area contributed by atoms with E-state index in [0.717, 1.165) is 21.5 Å². The minimum absolute atomic E-state index is 0.0513. The molecule has 3 N–H and O–H groups in total. The average molecular weight is 195 g/mol. The molecule has 3 heteroatoms. The topological polar surface area (TPSA) is 41.8 Å². The third-order valence-corrected chi connectivity index (χ3v) is 2.49. The molecule has 2 aromatic rings.